The predicted molar refractivity (Wildman–Crippen MR) is 71.8 cm³/mol. The van der Waals surface area contributed by atoms with Crippen molar-refractivity contribution in [1.29, 1.82) is 0 Å². The van der Waals surface area contributed by atoms with Crippen LogP contribution in [0.15, 0.2) is 18.2 Å². The highest BCUT2D eigenvalue weighted by atomic mass is 16.5. The van der Waals surface area contributed by atoms with Gasteiger partial charge in [-0.2, -0.15) is 0 Å². The topological polar surface area (TPSA) is 42.0 Å². The van der Waals surface area contributed by atoms with E-state index < -0.39 is 0 Å². The van der Waals surface area contributed by atoms with Crippen LogP contribution in [-0.4, -0.2) is 50.4 Å². The molecule has 5 heteroatoms. The molecule has 0 N–H and O–H groups in total. The van der Waals surface area contributed by atoms with Crippen LogP contribution in [0.4, 0.5) is 10.5 Å². The molecule has 0 atom stereocenters. The molecule has 0 bridgehead atoms. The van der Waals surface area contributed by atoms with Crippen LogP contribution >= 0.6 is 0 Å². The molecular weight excluding hydrogens is 244 g/mol. The zero-order valence-electron chi connectivity index (χ0n) is 11.1. The lowest BCUT2D eigenvalue weighted by atomic mass is 10.1. The van der Waals surface area contributed by atoms with Crippen molar-refractivity contribution in [3.63, 3.8) is 0 Å². The number of anilines is 1. The van der Waals surface area contributed by atoms with Gasteiger partial charge in [0.25, 0.3) is 0 Å². The Morgan fingerprint density at radius 2 is 1.95 bits per heavy atom. The molecule has 102 valence electrons. The molecule has 0 aromatic heterocycles. The maximum Gasteiger partial charge on any atom is 0.324 e. The van der Waals surface area contributed by atoms with Crippen molar-refractivity contribution in [3.05, 3.63) is 23.8 Å². The maximum absolute atomic E-state index is 12.6. The molecule has 3 rings (SSSR count). The lowest BCUT2D eigenvalue weighted by Crippen LogP contribution is -2.50. The highest BCUT2D eigenvalue weighted by Gasteiger charge is 2.28. The van der Waals surface area contributed by atoms with E-state index in [1.54, 1.807) is 0 Å². The molecular formula is C14H18N2O3. The monoisotopic (exact) mass is 262 g/mol. The van der Waals surface area contributed by atoms with Crippen molar-refractivity contribution in [3.8, 4) is 5.75 Å². The fourth-order valence-electron chi connectivity index (χ4n) is 2.45. The molecule has 5 nitrogen and oxygen atoms in total. The first-order valence-corrected chi connectivity index (χ1v) is 6.63. The van der Waals surface area contributed by atoms with Gasteiger partial charge in [-0.25, -0.2) is 4.79 Å². The quantitative estimate of drug-likeness (QED) is 0.714. The first-order valence-electron chi connectivity index (χ1n) is 6.63. The minimum atomic E-state index is 0.0541. The van der Waals surface area contributed by atoms with E-state index >= 15 is 0 Å². The molecule has 2 aliphatic heterocycles. The fourth-order valence-corrected chi connectivity index (χ4v) is 2.45. The van der Waals surface area contributed by atoms with Crippen LogP contribution in [0, 0.1) is 6.92 Å². The second-order valence-electron chi connectivity index (χ2n) is 4.85. The number of hydrogen-bond donors (Lipinski definition) is 0. The summed E-state index contributed by atoms with van der Waals surface area (Å²) in [5, 5.41) is 0. The first-order chi connectivity index (χ1) is 9.25. The Bertz CT molecular complexity index is 484. The highest BCUT2D eigenvalue weighted by molar-refractivity contribution is 5.94. The van der Waals surface area contributed by atoms with E-state index in [4.69, 9.17) is 9.47 Å². The molecule has 2 aliphatic rings. The van der Waals surface area contributed by atoms with Gasteiger partial charge < -0.3 is 14.4 Å². The number of amides is 2. The number of nitrogens with zero attached hydrogens (tertiary/aromatic N) is 2. The molecule has 0 spiro atoms. The Balaban J connectivity index is 1.86. The number of morpholine rings is 1. The fraction of sp³-hybridized carbons (Fsp3) is 0.500. The normalized spacial score (nSPS) is 18.8. The van der Waals surface area contributed by atoms with Crippen LogP contribution in [0.1, 0.15) is 5.56 Å². The lowest BCUT2D eigenvalue weighted by Gasteiger charge is -2.35. The Kier molecular flexibility index (Phi) is 3.29. The smallest absolute Gasteiger partial charge is 0.324 e. The zero-order valence-corrected chi connectivity index (χ0v) is 11.1. The molecule has 1 saturated heterocycles. The number of ether oxygens (including phenoxy) is 2. The van der Waals surface area contributed by atoms with Crippen LogP contribution in [-0.2, 0) is 4.74 Å². The summed E-state index contributed by atoms with van der Waals surface area (Å²) >= 11 is 0. The number of carbonyl (C=O) groups is 1. The van der Waals surface area contributed by atoms with Gasteiger partial charge in [-0.05, 0) is 24.6 Å². The predicted octanol–water partition coefficient (Wildman–Crippen LogP) is 1.65. The number of aryl methyl sites for hydroxylation is 1. The van der Waals surface area contributed by atoms with Crippen molar-refractivity contribution >= 4 is 11.7 Å². The standard InChI is InChI=1S/C14H18N2O3/c1-11-2-3-13-12(10-11)16(6-9-19-13)14(17)15-4-7-18-8-5-15/h2-3,10H,4-9H2,1H3. The minimum absolute atomic E-state index is 0.0541. The third-order valence-corrected chi connectivity index (χ3v) is 3.49. The first kappa shape index (κ1) is 12.3. The lowest BCUT2D eigenvalue weighted by molar-refractivity contribution is 0.0545. The van der Waals surface area contributed by atoms with Gasteiger partial charge in [0.1, 0.15) is 12.4 Å². The Morgan fingerprint density at radius 3 is 2.74 bits per heavy atom. The number of benzene rings is 1. The zero-order chi connectivity index (χ0) is 13.2. The van der Waals surface area contributed by atoms with E-state index in [0.29, 0.717) is 39.5 Å². The maximum atomic E-state index is 12.6. The average Bonchev–Trinajstić information content (AvgIpc) is 2.47. The van der Waals surface area contributed by atoms with Gasteiger partial charge in [-0.15, -0.1) is 0 Å². The number of rotatable bonds is 0. The van der Waals surface area contributed by atoms with Gasteiger partial charge in [0.15, 0.2) is 0 Å². The number of hydrogen-bond acceptors (Lipinski definition) is 3. The molecule has 2 amide bonds. The van der Waals surface area contributed by atoms with E-state index in [1.165, 1.54) is 0 Å². The van der Waals surface area contributed by atoms with E-state index in [1.807, 2.05) is 34.9 Å². The van der Waals surface area contributed by atoms with E-state index in [2.05, 4.69) is 0 Å². The molecule has 0 saturated carbocycles. The molecule has 1 fully saturated rings. The third-order valence-electron chi connectivity index (χ3n) is 3.49. The average molecular weight is 262 g/mol. The molecule has 2 heterocycles. The van der Waals surface area contributed by atoms with Gasteiger partial charge in [0.05, 0.1) is 25.4 Å². The van der Waals surface area contributed by atoms with Gasteiger partial charge >= 0.3 is 6.03 Å². The Labute approximate surface area is 112 Å². The molecule has 19 heavy (non-hydrogen) atoms. The minimum Gasteiger partial charge on any atom is -0.490 e. The summed E-state index contributed by atoms with van der Waals surface area (Å²) in [6, 6.07) is 6.00. The second kappa shape index (κ2) is 5.09. The van der Waals surface area contributed by atoms with Crippen LogP contribution in [0.25, 0.3) is 0 Å². The molecule has 0 unspecified atom stereocenters. The summed E-state index contributed by atoms with van der Waals surface area (Å²) < 4.78 is 10.9. The van der Waals surface area contributed by atoms with Gasteiger partial charge in [-0.1, -0.05) is 6.07 Å². The van der Waals surface area contributed by atoms with Crippen molar-refractivity contribution in [2.75, 3.05) is 44.4 Å². The number of urea groups is 1. The Hall–Kier alpha value is -1.75. The van der Waals surface area contributed by atoms with Crippen molar-refractivity contribution < 1.29 is 14.3 Å². The molecule has 1 aromatic carbocycles. The number of carbonyl (C=O) groups excluding carboxylic acids is 1. The molecule has 1 aromatic rings. The largest absolute Gasteiger partial charge is 0.490 e. The summed E-state index contributed by atoms with van der Waals surface area (Å²) in [6.07, 6.45) is 0. The van der Waals surface area contributed by atoms with Gasteiger partial charge in [-0.3, -0.25) is 4.90 Å². The number of fused-ring (bicyclic) bond motifs is 1. The van der Waals surface area contributed by atoms with Crippen molar-refractivity contribution in [2.45, 2.75) is 6.92 Å². The van der Waals surface area contributed by atoms with Crippen molar-refractivity contribution in [1.82, 2.24) is 4.90 Å². The summed E-state index contributed by atoms with van der Waals surface area (Å²) in [6.45, 7) is 5.74. The van der Waals surface area contributed by atoms with E-state index in [-0.39, 0.29) is 6.03 Å². The van der Waals surface area contributed by atoms with Gasteiger partial charge in [0, 0.05) is 13.1 Å². The van der Waals surface area contributed by atoms with E-state index in [0.717, 1.165) is 17.0 Å². The second-order valence-corrected chi connectivity index (χ2v) is 4.85. The SMILES string of the molecule is Cc1ccc2c(c1)N(C(=O)N1CCOCC1)CCO2. The van der Waals surface area contributed by atoms with Crippen LogP contribution in [0.2, 0.25) is 0 Å². The van der Waals surface area contributed by atoms with Crippen molar-refractivity contribution in [2.24, 2.45) is 0 Å². The highest BCUT2D eigenvalue weighted by Crippen LogP contribution is 2.33. The summed E-state index contributed by atoms with van der Waals surface area (Å²) in [4.78, 5) is 16.2. The summed E-state index contributed by atoms with van der Waals surface area (Å²) in [7, 11) is 0. The summed E-state index contributed by atoms with van der Waals surface area (Å²) in [5.41, 5.74) is 2.01. The van der Waals surface area contributed by atoms with Crippen LogP contribution in [0.3, 0.4) is 0 Å². The molecule has 0 radical (unpaired) electrons. The molecule has 0 aliphatic carbocycles. The van der Waals surface area contributed by atoms with Crippen LogP contribution < -0.4 is 9.64 Å². The summed E-state index contributed by atoms with van der Waals surface area (Å²) in [5.74, 6) is 0.790. The van der Waals surface area contributed by atoms with E-state index in [9.17, 15) is 4.79 Å². The third kappa shape index (κ3) is 2.38. The van der Waals surface area contributed by atoms with Gasteiger partial charge in [0.2, 0.25) is 0 Å². The van der Waals surface area contributed by atoms with Crippen LogP contribution in [0.5, 0.6) is 5.75 Å². The Morgan fingerprint density at radius 1 is 1.16 bits per heavy atom.